The molecule has 1 atom stereocenters. The molecule has 17 heteroatoms. The van der Waals surface area contributed by atoms with E-state index in [0.29, 0.717) is 0 Å². The molecule has 0 bridgehead atoms. The van der Waals surface area contributed by atoms with Gasteiger partial charge in [-0.05, 0) is 0 Å². The van der Waals surface area contributed by atoms with E-state index in [1.807, 2.05) is 0 Å². The van der Waals surface area contributed by atoms with E-state index < -0.39 is 66.7 Å². The summed E-state index contributed by atoms with van der Waals surface area (Å²) in [6.07, 6.45) is -8.17. The number of hydrogen-bond donors (Lipinski definition) is 1. The van der Waals surface area contributed by atoms with Crippen LogP contribution in [0.4, 0.5) is 57.1 Å². The molecule has 1 fully saturated rings. The van der Waals surface area contributed by atoms with Gasteiger partial charge in [-0.3, -0.25) is 4.79 Å². The molecule has 1 heterocycles. The first-order valence-electron chi connectivity index (χ1n) is 6.59. The van der Waals surface area contributed by atoms with E-state index in [-0.39, 0.29) is 0 Å². The van der Waals surface area contributed by atoms with E-state index in [2.05, 4.69) is 4.74 Å². The van der Waals surface area contributed by atoms with Gasteiger partial charge in [-0.15, -0.1) is 0 Å². The lowest BCUT2D eigenvalue weighted by Gasteiger charge is -2.39. The first-order valence-corrected chi connectivity index (χ1v) is 6.59. The Morgan fingerprint density at radius 1 is 0.786 bits per heavy atom. The lowest BCUT2D eigenvalue weighted by molar-refractivity contribution is -0.436. The monoisotopic (exact) mass is 447 g/mol. The number of carbonyl (C=O) groups is 2. The van der Waals surface area contributed by atoms with Crippen LogP contribution < -0.4 is 5.32 Å². The van der Waals surface area contributed by atoms with Crippen molar-refractivity contribution in [2.75, 3.05) is 6.61 Å². The fourth-order valence-corrected chi connectivity index (χ4v) is 1.79. The van der Waals surface area contributed by atoms with Crippen molar-refractivity contribution in [2.24, 2.45) is 0 Å². The van der Waals surface area contributed by atoms with Gasteiger partial charge in [0.1, 0.15) is 6.04 Å². The second-order valence-corrected chi connectivity index (χ2v) is 5.35. The van der Waals surface area contributed by atoms with Crippen LogP contribution in [0.1, 0.15) is 6.42 Å². The summed E-state index contributed by atoms with van der Waals surface area (Å²) in [5.41, 5.74) is 0. The van der Waals surface area contributed by atoms with Gasteiger partial charge in [-0.25, -0.2) is 4.79 Å². The summed E-state index contributed by atoms with van der Waals surface area (Å²) < 4.78 is 171. The lowest BCUT2D eigenvalue weighted by atomic mass is 9.93. The molecular formula is C11H6F13NO3. The number of carbonyl (C=O) groups excluding carboxylic acids is 2. The summed E-state index contributed by atoms with van der Waals surface area (Å²) in [6.45, 7) is -0.544. The molecule has 0 radical (unpaired) electrons. The topological polar surface area (TPSA) is 55.4 Å². The van der Waals surface area contributed by atoms with Gasteiger partial charge < -0.3 is 10.1 Å². The third-order valence-corrected chi connectivity index (χ3v) is 3.46. The van der Waals surface area contributed by atoms with Gasteiger partial charge >= 0.3 is 41.8 Å². The molecule has 0 aromatic carbocycles. The second-order valence-electron chi connectivity index (χ2n) is 5.35. The molecule has 1 aliphatic heterocycles. The molecule has 164 valence electrons. The number of ether oxygens (including phenoxy) is 1. The zero-order valence-corrected chi connectivity index (χ0v) is 12.6. The molecule has 1 aliphatic rings. The average molecular weight is 447 g/mol. The van der Waals surface area contributed by atoms with Gasteiger partial charge in [0.15, 0.2) is 0 Å². The minimum absolute atomic E-state index is 0.544. The van der Waals surface area contributed by atoms with Gasteiger partial charge in [0, 0.05) is 6.42 Å². The van der Waals surface area contributed by atoms with Crippen LogP contribution in [-0.4, -0.2) is 60.3 Å². The van der Waals surface area contributed by atoms with E-state index in [4.69, 9.17) is 0 Å². The number of cyclic esters (lactones) is 1. The van der Waals surface area contributed by atoms with E-state index in [1.54, 1.807) is 0 Å². The molecule has 1 N–H and O–H groups in total. The molecule has 1 rings (SSSR count). The predicted octanol–water partition coefficient (Wildman–Crippen LogP) is 3.16. The number of alkyl halides is 13. The summed E-state index contributed by atoms with van der Waals surface area (Å²) in [4.78, 5) is 22.0. The van der Waals surface area contributed by atoms with E-state index in [0.717, 1.165) is 5.32 Å². The smallest absolute Gasteiger partial charge is 0.460 e. The first kappa shape index (κ1) is 24.1. The van der Waals surface area contributed by atoms with Crippen molar-refractivity contribution >= 4 is 11.9 Å². The molecular weight excluding hydrogens is 441 g/mol. The third-order valence-electron chi connectivity index (χ3n) is 3.46. The van der Waals surface area contributed by atoms with Crippen molar-refractivity contribution in [1.29, 1.82) is 0 Å². The molecule has 1 amide bonds. The van der Waals surface area contributed by atoms with Crippen LogP contribution in [0, 0.1) is 0 Å². The van der Waals surface area contributed by atoms with E-state index >= 15 is 0 Å². The Morgan fingerprint density at radius 3 is 1.57 bits per heavy atom. The van der Waals surface area contributed by atoms with Crippen molar-refractivity contribution in [2.45, 2.75) is 48.3 Å². The van der Waals surface area contributed by atoms with Gasteiger partial charge in [-0.2, -0.15) is 57.1 Å². The molecule has 0 aromatic rings. The van der Waals surface area contributed by atoms with Crippen molar-refractivity contribution < 1.29 is 71.4 Å². The average Bonchev–Trinajstić information content (AvgIpc) is 2.90. The lowest BCUT2D eigenvalue weighted by Crippen LogP contribution is -2.72. The molecule has 0 aromatic heterocycles. The molecule has 1 saturated heterocycles. The zero-order chi connectivity index (χ0) is 22.6. The molecule has 0 spiro atoms. The fraction of sp³-hybridized carbons (Fsp3) is 0.818. The minimum Gasteiger partial charge on any atom is -0.464 e. The van der Waals surface area contributed by atoms with Crippen molar-refractivity contribution in [3.05, 3.63) is 0 Å². The maximum absolute atomic E-state index is 13.4. The van der Waals surface area contributed by atoms with Crippen LogP contribution in [0.2, 0.25) is 0 Å². The van der Waals surface area contributed by atoms with Gasteiger partial charge in [0.05, 0.1) is 6.61 Å². The highest BCUT2D eigenvalue weighted by molar-refractivity contribution is 5.90. The summed E-state index contributed by atoms with van der Waals surface area (Å²) in [6, 6.07) is -2.10. The summed E-state index contributed by atoms with van der Waals surface area (Å²) in [5, 5.41) is 0.736. The van der Waals surface area contributed by atoms with Crippen molar-refractivity contribution in [1.82, 2.24) is 5.32 Å². The Labute approximate surface area is 145 Å². The molecule has 0 aliphatic carbocycles. The Kier molecular flexibility index (Phi) is 5.62. The molecule has 0 unspecified atom stereocenters. The largest absolute Gasteiger partial charge is 0.464 e. The van der Waals surface area contributed by atoms with Crippen LogP contribution >= 0.6 is 0 Å². The van der Waals surface area contributed by atoms with E-state index in [1.165, 1.54) is 0 Å². The Hall–Kier alpha value is -1.97. The number of halogens is 13. The Balaban J connectivity index is 3.32. The number of hydrogen-bond acceptors (Lipinski definition) is 3. The highest BCUT2D eigenvalue weighted by Crippen LogP contribution is 2.60. The van der Waals surface area contributed by atoms with Gasteiger partial charge in [0.25, 0.3) is 5.91 Å². The highest BCUT2D eigenvalue weighted by atomic mass is 19.4. The number of amides is 1. The van der Waals surface area contributed by atoms with Gasteiger partial charge in [-0.1, -0.05) is 0 Å². The normalized spacial score (nSPS) is 20.2. The van der Waals surface area contributed by atoms with Crippen LogP contribution in [0.25, 0.3) is 0 Å². The number of esters is 1. The highest BCUT2D eigenvalue weighted by Gasteiger charge is 2.91. The van der Waals surface area contributed by atoms with Crippen LogP contribution in [-0.2, 0) is 14.3 Å². The summed E-state index contributed by atoms with van der Waals surface area (Å²) in [7, 11) is 0. The minimum atomic E-state index is -8.10. The second kappa shape index (κ2) is 6.53. The van der Waals surface area contributed by atoms with Crippen LogP contribution in [0.3, 0.4) is 0 Å². The number of nitrogens with one attached hydrogen (secondary N) is 1. The van der Waals surface area contributed by atoms with E-state index in [9.17, 15) is 66.7 Å². The Bertz CT molecular complexity index is 642. The predicted molar refractivity (Wildman–Crippen MR) is 58.3 cm³/mol. The van der Waals surface area contributed by atoms with Gasteiger partial charge in [0.2, 0.25) is 0 Å². The zero-order valence-electron chi connectivity index (χ0n) is 12.6. The summed E-state index contributed by atoms with van der Waals surface area (Å²) >= 11 is 0. The van der Waals surface area contributed by atoms with Crippen molar-refractivity contribution in [3.63, 3.8) is 0 Å². The third kappa shape index (κ3) is 3.21. The molecule has 4 nitrogen and oxygen atoms in total. The standard InChI is InChI=1S/C11H6F13NO3/c12-6(13,5(27)25-3-1-2-28-4(3)26)7(14,15)8(16,17)9(18,19)10(20,21)11(22,23)24/h3H,1-2H2,(H,25,27)/t3-/m0/s1. The van der Waals surface area contributed by atoms with Crippen LogP contribution in [0.5, 0.6) is 0 Å². The maximum atomic E-state index is 13.4. The maximum Gasteiger partial charge on any atom is 0.460 e. The number of rotatable bonds is 6. The fourth-order valence-electron chi connectivity index (χ4n) is 1.79. The summed E-state index contributed by atoms with van der Waals surface area (Å²) in [5.74, 6) is -43.8. The molecule has 28 heavy (non-hydrogen) atoms. The SMILES string of the molecule is O=C1OCC[C@@H]1NC(=O)C(F)(F)C(F)(F)C(F)(F)C(F)(F)C(F)(F)C(F)(F)F. The quantitative estimate of drug-likeness (QED) is 0.503. The first-order chi connectivity index (χ1) is 12.2. The van der Waals surface area contributed by atoms with Crippen LogP contribution in [0.15, 0.2) is 0 Å². The Morgan fingerprint density at radius 2 is 1.21 bits per heavy atom. The molecule has 0 saturated carbocycles. The van der Waals surface area contributed by atoms with Crippen molar-refractivity contribution in [3.8, 4) is 0 Å².